The average Bonchev–Trinajstić information content (AvgIpc) is 2.40. The van der Waals surface area contributed by atoms with E-state index in [-0.39, 0.29) is 18.0 Å². The van der Waals surface area contributed by atoms with Crippen molar-refractivity contribution in [1.82, 2.24) is 4.90 Å². The Morgan fingerprint density at radius 3 is 2.83 bits per heavy atom. The predicted molar refractivity (Wildman–Crippen MR) is 73.1 cm³/mol. The van der Waals surface area contributed by atoms with Gasteiger partial charge < -0.3 is 10.6 Å². The van der Waals surface area contributed by atoms with Gasteiger partial charge in [-0.25, -0.2) is 0 Å². The molecule has 2 N–H and O–H groups in total. The van der Waals surface area contributed by atoms with Crippen LogP contribution >= 0.6 is 0 Å². The largest absolute Gasteiger partial charge is 0.339 e. The van der Waals surface area contributed by atoms with Crippen molar-refractivity contribution in [2.24, 2.45) is 5.73 Å². The third-order valence-corrected chi connectivity index (χ3v) is 3.74. The molecule has 1 heterocycles. The quantitative estimate of drug-likeness (QED) is 0.882. The van der Waals surface area contributed by atoms with Gasteiger partial charge >= 0.3 is 0 Å². The fraction of sp³-hybridized carbons (Fsp3) is 0.533. The summed E-state index contributed by atoms with van der Waals surface area (Å²) in [5.74, 6) is 0.127. The topological polar surface area (TPSA) is 46.3 Å². The Balaban J connectivity index is 1.88. The van der Waals surface area contributed by atoms with Crippen LogP contribution in [0.4, 0.5) is 0 Å². The molecule has 18 heavy (non-hydrogen) atoms. The van der Waals surface area contributed by atoms with E-state index in [0.29, 0.717) is 0 Å². The van der Waals surface area contributed by atoms with E-state index in [4.69, 9.17) is 5.73 Å². The smallest absolute Gasteiger partial charge is 0.239 e. The number of carbonyl (C=O) groups is 1. The van der Waals surface area contributed by atoms with Crippen molar-refractivity contribution in [2.75, 3.05) is 6.54 Å². The Hall–Kier alpha value is -1.35. The standard InChI is InChI=1S/C15H22N2O/c1-12(9-10-13-6-3-2-4-7-13)17-11-5-8-14(16)15(17)18/h2-4,6-7,12,14H,5,8-11,16H2,1H3. The molecule has 1 saturated heterocycles. The van der Waals surface area contributed by atoms with Crippen LogP contribution in [0.1, 0.15) is 31.7 Å². The Morgan fingerprint density at radius 2 is 2.11 bits per heavy atom. The lowest BCUT2D eigenvalue weighted by atomic mass is 10.0. The maximum Gasteiger partial charge on any atom is 0.239 e. The molecule has 98 valence electrons. The van der Waals surface area contributed by atoms with Gasteiger partial charge in [-0.05, 0) is 38.2 Å². The number of carbonyl (C=O) groups excluding carboxylic acids is 1. The Labute approximate surface area is 109 Å². The van der Waals surface area contributed by atoms with Gasteiger partial charge in [-0.3, -0.25) is 4.79 Å². The summed E-state index contributed by atoms with van der Waals surface area (Å²) < 4.78 is 0. The number of amides is 1. The fourth-order valence-corrected chi connectivity index (χ4v) is 2.54. The van der Waals surface area contributed by atoms with Gasteiger partial charge in [0.15, 0.2) is 0 Å². The van der Waals surface area contributed by atoms with Crippen LogP contribution in [0.5, 0.6) is 0 Å². The first kappa shape index (κ1) is 13.1. The van der Waals surface area contributed by atoms with Gasteiger partial charge in [-0.1, -0.05) is 30.3 Å². The number of aryl methyl sites for hydroxylation is 1. The van der Waals surface area contributed by atoms with Gasteiger partial charge in [0.1, 0.15) is 0 Å². The molecule has 3 heteroatoms. The Kier molecular flexibility index (Phi) is 4.37. The zero-order valence-corrected chi connectivity index (χ0v) is 11.0. The van der Waals surface area contributed by atoms with E-state index in [9.17, 15) is 4.79 Å². The highest BCUT2D eigenvalue weighted by Gasteiger charge is 2.28. The van der Waals surface area contributed by atoms with Crippen molar-refractivity contribution in [3.8, 4) is 0 Å². The van der Waals surface area contributed by atoms with E-state index in [0.717, 1.165) is 32.2 Å². The number of hydrogen-bond acceptors (Lipinski definition) is 2. The monoisotopic (exact) mass is 246 g/mol. The molecule has 1 amide bonds. The molecule has 0 bridgehead atoms. The normalized spacial score (nSPS) is 22.0. The van der Waals surface area contributed by atoms with Crippen LogP contribution in [0.3, 0.4) is 0 Å². The summed E-state index contributed by atoms with van der Waals surface area (Å²) in [7, 11) is 0. The number of benzene rings is 1. The molecule has 1 aliphatic heterocycles. The third-order valence-electron chi connectivity index (χ3n) is 3.74. The molecule has 1 aliphatic rings. The van der Waals surface area contributed by atoms with Crippen LogP contribution in [0, 0.1) is 0 Å². The molecule has 0 radical (unpaired) electrons. The molecule has 1 fully saturated rings. The Bertz CT molecular complexity index is 391. The summed E-state index contributed by atoms with van der Waals surface area (Å²) in [6.07, 6.45) is 3.88. The lowest BCUT2D eigenvalue weighted by Crippen LogP contribution is -2.51. The van der Waals surface area contributed by atoms with Gasteiger partial charge in [0, 0.05) is 12.6 Å². The molecule has 0 spiro atoms. The minimum Gasteiger partial charge on any atom is -0.339 e. The number of nitrogens with two attached hydrogens (primary N) is 1. The minimum atomic E-state index is -0.280. The first-order chi connectivity index (χ1) is 8.68. The molecule has 3 nitrogen and oxygen atoms in total. The summed E-state index contributed by atoms with van der Waals surface area (Å²) in [6.45, 7) is 2.99. The van der Waals surface area contributed by atoms with E-state index >= 15 is 0 Å². The molecule has 2 unspecified atom stereocenters. The van der Waals surface area contributed by atoms with Crippen molar-refractivity contribution < 1.29 is 4.79 Å². The van der Waals surface area contributed by atoms with Crippen molar-refractivity contribution in [3.05, 3.63) is 35.9 Å². The number of nitrogens with zero attached hydrogens (tertiary/aromatic N) is 1. The highest BCUT2D eigenvalue weighted by atomic mass is 16.2. The van der Waals surface area contributed by atoms with Crippen molar-refractivity contribution in [1.29, 1.82) is 0 Å². The number of piperidine rings is 1. The number of rotatable bonds is 4. The molecule has 0 aliphatic carbocycles. The molecule has 0 aromatic heterocycles. The fourth-order valence-electron chi connectivity index (χ4n) is 2.54. The average molecular weight is 246 g/mol. The first-order valence-corrected chi connectivity index (χ1v) is 6.78. The third kappa shape index (κ3) is 3.10. The van der Waals surface area contributed by atoms with Gasteiger partial charge in [-0.2, -0.15) is 0 Å². The summed E-state index contributed by atoms with van der Waals surface area (Å²) in [5.41, 5.74) is 7.15. The van der Waals surface area contributed by atoms with Crippen LogP contribution < -0.4 is 5.73 Å². The zero-order chi connectivity index (χ0) is 13.0. The van der Waals surface area contributed by atoms with Crippen LogP contribution in [0.2, 0.25) is 0 Å². The minimum absolute atomic E-state index is 0.127. The van der Waals surface area contributed by atoms with Crippen LogP contribution in [0.25, 0.3) is 0 Å². The molecular weight excluding hydrogens is 224 g/mol. The second-order valence-corrected chi connectivity index (χ2v) is 5.15. The SMILES string of the molecule is CC(CCc1ccccc1)N1CCCC(N)C1=O. The summed E-state index contributed by atoms with van der Waals surface area (Å²) in [4.78, 5) is 13.9. The summed E-state index contributed by atoms with van der Waals surface area (Å²) in [6, 6.07) is 10.4. The van der Waals surface area contributed by atoms with Gasteiger partial charge in [-0.15, -0.1) is 0 Å². The van der Waals surface area contributed by atoms with Gasteiger partial charge in [0.2, 0.25) is 5.91 Å². The molecule has 2 atom stereocenters. The lowest BCUT2D eigenvalue weighted by Gasteiger charge is -2.35. The van der Waals surface area contributed by atoms with E-state index < -0.39 is 0 Å². The molecule has 1 aromatic carbocycles. The predicted octanol–water partition coefficient (Wildman–Crippen LogP) is 1.96. The zero-order valence-electron chi connectivity index (χ0n) is 11.0. The van der Waals surface area contributed by atoms with E-state index in [2.05, 4.69) is 31.2 Å². The van der Waals surface area contributed by atoms with Crippen molar-refractivity contribution in [3.63, 3.8) is 0 Å². The van der Waals surface area contributed by atoms with E-state index in [1.54, 1.807) is 0 Å². The summed E-state index contributed by atoms with van der Waals surface area (Å²) in [5, 5.41) is 0. The van der Waals surface area contributed by atoms with Gasteiger partial charge in [0.25, 0.3) is 0 Å². The number of hydrogen-bond donors (Lipinski definition) is 1. The molecule has 2 rings (SSSR count). The maximum atomic E-state index is 12.0. The summed E-state index contributed by atoms with van der Waals surface area (Å²) >= 11 is 0. The van der Waals surface area contributed by atoms with Crippen molar-refractivity contribution >= 4 is 5.91 Å². The lowest BCUT2D eigenvalue weighted by molar-refractivity contribution is -0.137. The van der Waals surface area contributed by atoms with Crippen LogP contribution in [-0.4, -0.2) is 29.4 Å². The van der Waals surface area contributed by atoms with E-state index in [1.807, 2.05) is 11.0 Å². The first-order valence-electron chi connectivity index (χ1n) is 6.78. The van der Waals surface area contributed by atoms with Crippen LogP contribution in [-0.2, 0) is 11.2 Å². The number of likely N-dealkylation sites (tertiary alicyclic amines) is 1. The van der Waals surface area contributed by atoms with Gasteiger partial charge in [0.05, 0.1) is 6.04 Å². The molecular formula is C15H22N2O. The second kappa shape index (κ2) is 6.01. The van der Waals surface area contributed by atoms with E-state index in [1.165, 1.54) is 5.56 Å². The van der Waals surface area contributed by atoms with Crippen LogP contribution in [0.15, 0.2) is 30.3 Å². The maximum absolute atomic E-state index is 12.0. The molecule has 0 saturated carbocycles. The van der Waals surface area contributed by atoms with Crippen molar-refractivity contribution in [2.45, 2.75) is 44.7 Å². The highest BCUT2D eigenvalue weighted by Crippen LogP contribution is 2.16. The Morgan fingerprint density at radius 1 is 1.39 bits per heavy atom. The highest BCUT2D eigenvalue weighted by molar-refractivity contribution is 5.82. The second-order valence-electron chi connectivity index (χ2n) is 5.15. The molecule has 1 aromatic rings.